The lowest BCUT2D eigenvalue weighted by Crippen LogP contribution is -2.23. The van der Waals surface area contributed by atoms with Gasteiger partial charge >= 0.3 is 5.97 Å². The maximum absolute atomic E-state index is 12.0. The number of hydrogen-bond acceptors (Lipinski definition) is 3. The lowest BCUT2D eigenvalue weighted by Gasteiger charge is -2.07. The van der Waals surface area contributed by atoms with Crippen LogP contribution in [-0.4, -0.2) is 22.0 Å². The second-order valence-corrected chi connectivity index (χ2v) is 5.29. The highest BCUT2D eigenvalue weighted by Gasteiger charge is 2.12. The maximum atomic E-state index is 12.0. The fourth-order valence-corrected chi connectivity index (χ4v) is 2.23. The van der Waals surface area contributed by atoms with Gasteiger partial charge in [0.2, 0.25) is 0 Å². The summed E-state index contributed by atoms with van der Waals surface area (Å²) in [5.41, 5.74) is 0.412. The van der Waals surface area contributed by atoms with Crippen LogP contribution in [0.15, 0.2) is 39.6 Å². The number of halogens is 1. The molecule has 0 atom stereocenters. The average molecular weight is 351 g/mol. The van der Waals surface area contributed by atoms with Gasteiger partial charge in [0.1, 0.15) is 5.56 Å². The Bertz CT molecular complexity index is 783. The molecule has 0 spiro atoms. The van der Waals surface area contributed by atoms with E-state index < -0.39 is 17.4 Å². The number of nitrogens with one attached hydrogen (secondary N) is 2. The number of carboxylic acids is 1. The second kappa shape index (κ2) is 5.92. The lowest BCUT2D eigenvalue weighted by molar-refractivity contribution is 0.0696. The third kappa shape index (κ3) is 3.57. The first-order valence-electron chi connectivity index (χ1n) is 5.92. The second-order valence-electron chi connectivity index (χ2n) is 4.37. The molecule has 108 valence electrons. The number of aromatic amines is 1. The van der Waals surface area contributed by atoms with Crippen molar-refractivity contribution < 1.29 is 14.7 Å². The van der Waals surface area contributed by atoms with Crippen molar-refractivity contribution in [2.75, 3.05) is 5.32 Å². The number of aromatic nitrogens is 1. The number of carboxylic acid groups (broad SMARTS) is 1. The molecule has 1 heterocycles. The van der Waals surface area contributed by atoms with E-state index in [1.54, 1.807) is 19.1 Å². The van der Waals surface area contributed by atoms with Crippen LogP contribution >= 0.6 is 15.9 Å². The van der Waals surface area contributed by atoms with Crippen molar-refractivity contribution in [2.24, 2.45) is 0 Å². The van der Waals surface area contributed by atoms with Gasteiger partial charge in [0, 0.05) is 15.9 Å². The van der Waals surface area contributed by atoms with Gasteiger partial charge in [0.05, 0.1) is 5.56 Å². The minimum absolute atomic E-state index is 0.0255. The van der Waals surface area contributed by atoms with Crippen molar-refractivity contribution in [3.8, 4) is 0 Å². The monoisotopic (exact) mass is 350 g/mol. The summed E-state index contributed by atoms with van der Waals surface area (Å²) in [5, 5.41) is 11.5. The van der Waals surface area contributed by atoms with Crippen molar-refractivity contribution in [2.45, 2.75) is 6.92 Å². The van der Waals surface area contributed by atoms with E-state index in [-0.39, 0.29) is 16.8 Å². The highest BCUT2D eigenvalue weighted by molar-refractivity contribution is 9.10. The molecule has 0 radical (unpaired) electrons. The first-order chi connectivity index (χ1) is 9.86. The largest absolute Gasteiger partial charge is 0.478 e. The van der Waals surface area contributed by atoms with Crippen molar-refractivity contribution in [1.29, 1.82) is 0 Å². The predicted molar refractivity (Wildman–Crippen MR) is 80.9 cm³/mol. The fraction of sp³-hybridized carbons (Fsp3) is 0.0714. The number of amides is 1. The topological polar surface area (TPSA) is 99.3 Å². The summed E-state index contributed by atoms with van der Waals surface area (Å²) < 4.78 is 0.510. The van der Waals surface area contributed by atoms with Gasteiger partial charge in [0.25, 0.3) is 11.5 Å². The Labute approximate surface area is 127 Å². The summed E-state index contributed by atoms with van der Waals surface area (Å²) in [6, 6.07) is 7.30. The lowest BCUT2D eigenvalue weighted by atomic mass is 10.2. The zero-order valence-electron chi connectivity index (χ0n) is 10.9. The number of hydrogen-bond donors (Lipinski definition) is 3. The SMILES string of the molecule is Cc1ccc(C(=O)Nc2cc(Br)cc(C(=O)O)c2)c(=O)[nH]1. The van der Waals surface area contributed by atoms with Gasteiger partial charge in [-0.15, -0.1) is 0 Å². The Kier molecular flexibility index (Phi) is 4.23. The van der Waals surface area contributed by atoms with Gasteiger partial charge in [-0.25, -0.2) is 4.79 Å². The van der Waals surface area contributed by atoms with Crippen molar-refractivity contribution >= 4 is 33.5 Å². The summed E-state index contributed by atoms with van der Waals surface area (Å²) in [6.07, 6.45) is 0. The van der Waals surface area contributed by atoms with E-state index in [1.807, 2.05) is 0 Å². The molecule has 0 fully saturated rings. The van der Waals surface area contributed by atoms with Gasteiger partial charge in [-0.1, -0.05) is 15.9 Å². The molecule has 0 saturated carbocycles. The average Bonchev–Trinajstić information content (AvgIpc) is 2.37. The number of anilines is 1. The first kappa shape index (κ1) is 15.0. The fourth-order valence-electron chi connectivity index (χ4n) is 1.73. The molecule has 0 bridgehead atoms. The molecule has 2 rings (SSSR count). The summed E-state index contributed by atoms with van der Waals surface area (Å²) in [4.78, 5) is 37.2. The third-order valence-electron chi connectivity index (χ3n) is 2.70. The molecule has 1 aromatic heterocycles. The molecule has 0 aliphatic heterocycles. The predicted octanol–water partition coefficient (Wildman–Crippen LogP) is 2.40. The van der Waals surface area contributed by atoms with Crippen LogP contribution in [0.2, 0.25) is 0 Å². The Morgan fingerprint density at radius 3 is 2.57 bits per heavy atom. The van der Waals surface area contributed by atoms with Gasteiger partial charge in [-0.05, 0) is 37.3 Å². The molecule has 1 aromatic carbocycles. The molecular weight excluding hydrogens is 340 g/mol. The van der Waals surface area contributed by atoms with Crippen molar-refractivity contribution in [3.63, 3.8) is 0 Å². The molecule has 0 aliphatic carbocycles. The number of carbonyl (C=O) groups excluding carboxylic acids is 1. The smallest absolute Gasteiger partial charge is 0.335 e. The Balaban J connectivity index is 2.31. The normalized spacial score (nSPS) is 10.2. The van der Waals surface area contributed by atoms with E-state index in [4.69, 9.17) is 5.11 Å². The van der Waals surface area contributed by atoms with E-state index in [0.717, 1.165) is 0 Å². The zero-order chi connectivity index (χ0) is 15.6. The molecule has 21 heavy (non-hydrogen) atoms. The van der Waals surface area contributed by atoms with Gasteiger partial charge < -0.3 is 15.4 Å². The standard InChI is InChI=1S/C14H11BrN2O4/c1-7-2-3-11(12(18)16-7)13(19)17-10-5-8(14(20)21)4-9(15)6-10/h2-6H,1H3,(H,16,18)(H,17,19)(H,20,21). The molecule has 1 amide bonds. The Morgan fingerprint density at radius 2 is 1.95 bits per heavy atom. The molecule has 6 nitrogen and oxygen atoms in total. The molecule has 0 aliphatic rings. The third-order valence-corrected chi connectivity index (χ3v) is 3.16. The van der Waals surface area contributed by atoms with E-state index in [2.05, 4.69) is 26.2 Å². The number of rotatable bonds is 3. The molecule has 0 saturated heterocycles. The molecule has 3 N–H and O–H groups in total. The maximum Gasteiger partial charge on any atom is 0.335 e. The zero-order valence-corrected chi connectivity index (χ0v) is 12.5. The van der Waals surface area contributed by atoms with Crippen LogP contribution in [0.3, 0.4) is 0 Å². The van der Waals surface area contributed by atoms with Crippen LogP contribution in [0.4, 0.5) is 5.69 Å². The van der Waals surface area contributed by atoms with Crippen LogP contribution in [0.5, 0.6) is 0 Å². The highest BCUT2D eigenvalue weighted by atomic mass is 79.9. The highest BCUT2D eigenvalue weighted by Crippen LogP contribution is 2.20. The number of aryl methyl sites for hydroxylation is 1. The van der Waals surface area contributed by atoms with Crippen molar-refractivity contribution in [3.05, 3.63) is 62.0 Å². The Morgan fingerprint density at radius 1 is 1.24 bits per heavy atom. The summed E-state index contributed by atoms with van der Waals surface area (Å²) in [7, 11) is 0. The summed E-state index contributed by atoms with van der Waals surface area (Å²) in [5.74, 6) is -1.72. The number of benzene rings is 1. The summed E-state index contributed by atoms with van der Waals surface area (Å²) >= 11 is 3.17. The molecule has 2 aromatic rings. The minimum Gasteiger partial charge on any atom is -0.478 e. The van der Waals surface area contributed by atoms with E-state index in [9.17, 15) is 14.4 Å². The van der Waals surface area contributed by atoms with E-state index in [1.165, 1.54) is 18.2 Å². The number of H-pyrrole nitrogens is 1. The van der Waals surface area contributed by atoms with Crippen LogP contribution in [0.25, 0.3) is 0 Å². The first-order valence-corrected chi connectivity index (χ1v) is 6.71. The quantitative estimate of drug-likeness (QED) is 0.791. The number of aromatic carboxylic acids is 1. The van der Waals surface area contributed by atoms with Crippen LogP contribution in [0, 0.1) is 6.92 Å². The minimum atomic E-state index is -1.11. The van der Waals surface area contributed by atoms with E-state index >= 15 is 0 Å². The van der Waals surface area contributed by atoms with Crippen molar-refractivity contribution in [1.82, 2.24) is 4.98 Å². The van der Waals surface area contributed by atoms with Gasteiger partial charge in [0.15, 0.2) is 0 Å². The van der Waals surface area contributed by atoms with Crippen LogP contribution < -0.4 is 10.9 Å². The number of pyridine rings is 1. The molecule has 7 heteroatoms. The summed E-state index contributed by atoms with van der Waals surface area (Å²) in [6.45, 7) is 1.70. The Hall–Kier alpha value is -2.41. The van der Waals surface area contributed by atoms with Crippen LogP contribution in [-0.2, 0) is 0 Å². The van der Waals surface area contributed by atoms with Gasteiger partial charge in [-0.2, -0.15) is 0 Å². The van der Waals surface area contributed by atoms with E-state index in [0.29, 0.717) is 10.2 Å². The number of carbonyl (C=O) groups is 2. The molecule has 0 unspecified atom stereocenters. The van der Waals surface area contributed by atoms with Crippen LogP contribution in [0.1, 0.15) is 26.4 Å². The van der Waals surface area contributed by atoms with Gasteiger partial charge in [-0.3, -0.25) is 9.59 Å². The molecular formula is C14H11BrN2O4.